The number of carbonyl (C=O) groups excluding carboxylic acids is 1. The molecule has 0 saturated heterocycles. The number of aromatic hydroxyl groups is 1. The molecule has 0 spiro atoms. The van der Waals surface area contributed by atoms with Crippen molar-refractivity contribution < 1.29 is 52.1 Å². The summed E-state index contributed by atoms with van der Waals surface area (Å²) in [6.07, 6.45) is -0.158. The number of pyridine rings is 1. The van der Waals surface area contributed by atoms with Crippen LogP contribution in [0.1, 0.15) is 5.69 Å². The molecule has 2 aliphatic rings. The van der Waals surface area contributed by atoms with Crippen LogP contribution in [0.15, 0.2) is 57.7 Å². The fourth-order valence-corrected chi connectivity index (χ4v) is 4.71. The molecule has 1 aliphatic heterocycles. The molecule has 1 aliphatic carbocycles. The molecule has 206 valence electrons. The molecule has 11 nitrogen and oxygen atoms in total. The molecule has 5 rings (SSSR count). The summed E-state index contributed by atoms with van der Waals surface area (Å²) in [5, 5.41) is 23.1. The van der Waals surface area contributed by atoms with Crippen molar-refractivity contribution in [1.29, 1.82) is 0 Å². The maximum absolute atomic E-state index is 14.5. The van der Waals surface area contributed by atoms with Crippen molar-refractivity contribution in [2.24, 2.45) is 5.73 Å². The molecule has 41 heavy (non-hydrogen) atoms. The average Bonchev–Trinajstić information content (AvgIpc) is 2.88. The van der Waals surface area contributed by atoms with Gasteiger partial charge in [0, 0.05) is 34.7 Å². The second-order valence-electron chi connectivity index (χ2n) is 8.96. The van der Waals surface area contributed by atoms with Crippen LogP contribution in [0.25, 0.3) is 44.3 Å². The van der Waals surface area contributed by atoms with Crippen molar-refractivity contribution in [3.05, 3.63) is 76.1 Å². The average molecular weight is 596 g/mol. The van der Waals surface area contributed by atoms with Gasteiger partial charge in [-0.3, -0.25) is 14.2 Å². The Kier molecular flexibility index (Phi) is 8.48. The normalized spacial score (nSPS) is 13.7. The van der Waals surface area contributed by atoms with Gasteiger partial charge in [0.25, 0.3) is 7.82 Å². The van der Waals surface area contributed by atoms with Gasteiger partial charge in [0.05, 0.1) is 17.8 Å². The number of nitrogens with two attached hydrogens (primary N) is 1. The van der Waals surface area contributed by atoms with Gasteiger partial charge in [0.1, 0.15) is 18.0 Å². The van der Waals surface area contributed by atoms with Crippen LogP contribution >= 0.6 is 7.82 Å². The Bertz CT molecular complexity index is 1910. The number of aromatic amines is 1. The van der Waals surface area contributed by atoms with Crippen molar-refractivity contribution in [3.63, 3.8) is 0 Å². The first-order valence-corrected chi connectivity index (χ1v) is 13.0. The summed E-state index contributed by atoms with van der Waals surface area (Å²) in [5.74, 6) is -4.12. The van der Waals surface area contributed by atoms with E-state index in [2.05, 4.69) is 9.51 Å². The number of rotatable bonds is 7. The Morgan fingerprint density at radius 2 is 1.83 bits per heavy atom. The molecular formula is C26H18F2MgN2O9P+. The second-order valence-corrected chi connectivity index (χ2v) is 10.2. The first kappa shape index (κ1) is 30.5. The molecule has 0 bridgehead atoms. The third-order valence-corrected chi connectivity index (χ3v) is 6.73. The first-order chi connectivity index (χ1) is 18.8. The predicted octanol–water partition coefficient (Wildman–Crippen LogP) is 1.12. The quantitative estimate of drug-likeness (QED) is 0.139. The zero-order valence-electron chi connectivity index (χ0n) is 20.9. The number of aromatic nitrogens is 1. The van der Waals surface area contributed by atoms with Crippen molar-refractivity contribution in [2.45, 2.75) is 12.5 Å². The van der Waals surface area contributed by atoms with Gasteiger partial charge in [-0.15, -0.1) is 0 Å². The smallest absolute Gasteiger partial charge is 0.868 e. The number of fused-ring (bicyclic) bond motifs is 3. The van der Waals surface area contributed by atoms with E-state index in [0.29, 0.717) is 16.6 Å². The summed E-state index contributed by atoms with van der Waals surface area (Å²) in [5.41, 5.74) is 5.89. The largest absolute Gasteiger partial charge is 2.00 e. The van der Waals surface area contributed by atoms with Gasteiger partial charge in [-0.05, 0) is 29.5 Å². The zero-order valence-corrected chi connectivity index (χ0v) is 23.2. The number of hydrogen-bond acceptors (Lipinski definition) is 9. The third-order valence-electron chi connectivity index (χ3n) is 6.28. The summed E-state index contributed by atoms with van der Waals surface area (Å²) in [7, 11) is -5.12. The molecule has 1 aromatic heterocycles. The zero-order chi connectivity index (χ0) is 28.9. The Labute approximate surface area is 244 Å². The fraction of sp³-hybridized carbons (Fsp3) is 0.115. The monoisotopic (exact) mass is 595 g/mol. The van der Waals surface area contributed by atoms with E-state index in [0.717, 1.165) is 24.3 Å². The molecule has 0 saturated carbocycles. The van der Waals surface area contributed by atoms with Crippen LogP contribution in [0, 0.1) is 11.6 Å². The van der Waals surface area contributed by atoms with E-state index in [-0.39, 0.29) is 62.8 Å². The number of halogens is 2. The number of Topliss-reactive ketones (excluding diaryl/α,β-unsaturated/α-hetero) is 1. The molecule has 2 aromatic carbocycles. The number of phosphoric acid groups is 1. The fourth-order valence-electron chi connectivity index (χ4n) is 4.42. The minimum absolute atomic E-state index is 0. The van der Waals surface area contributed by atoms with Gasteiger partial charge in [-0.1, -0.05) is 12.1 Å². The molecule has 0 fully saturated rings. The van der Waals surface area contributed by atoms with Gasteiger partial charge in [0.15, 0.2) is 28.9 Å². The van der Waals surface area contributed by atoms with Crippen LogP contribution < -0.4 is 26.1 Å². The van der Waals surface area contributed by atoms with E-state index < -0.39 is 54.8 Å². The molecule has 3 aromatic rings. The number of nitrogens with one attached hydrogen (secondary N) is 1. The van der Waals surface area contributed by atoms with E-state index in [1.165, 1.54) is 24.3 Å². The summed E-state index contributed by atoms with van der Waals surface area (Å²) >= 11 is 0. The van der Waals surface area contributed by atoms with Crippen LogP contribution in [0.5, 0.6) is 11.5 Å². The number of phenolic OH excluding ortho intramolecular Hbond substituents is 1. The maximum Gasteiger partial charge on any atom is 2.00 e. The summed E-state index contributed by atoms with van der Waals surface area (Å²) in [6, 6.07) is 8.28. The van der Waals surface area contributed by atoms with E-state index >= 15 is 0 Å². The van der Waals surface area contributed by atoms with E-state index in [1.807, 2.05) is 0 Å². The van der Waals surface area contributed by atoms with Crippen LogP contribution in [0.3, 0.4) is 0 Å². The number of carbonyl (C=O) groups is 1. The molecule has 15 heteroatoms. The Morgan fingerprint density at radius 3 is 2.54 bits per heavy atom. The molecule has 0 radical (unpaired) electrons. The molecule has 0 amide bonds. The molecule has 2 heterocycles. The maximum atomic E-state index is 14.5. The minimum Gasteiger partial charge on any atom is -0.868 e. The van der Waals surface area contributed by atoms with E-state index in [1.54, 1.807) is 0 Å². The van der Waals surface area contributed by atoms with Crippen molar-refractivity contribution in [2.75, 3.05) is 6.61 Å². The molecule has 2 atom stereocenters. The van der Waals surface area contributed by atoms with Gasteiger partial charge in [-0.2, -0.15) is 0 Å². The number of ketones is 1. The van der Waals surface area contributed by atoms with Crippen LogP contribution in [-0.4, -0.2) is 51.5 Å². The number of hydrogen-bond donors (Lipinski definition) is 3. The van der Waals surface area contributed by atoms with E-state index in [9.17, 15) is 38.0 Å². The number of benzene rings is 3. The summed E-state index contributed by atoms with van der Waals surface area (Å²) < 4.78 is 49.3. The molecular weight excluding hydrogens is 578 g/mol. The Morgan fingerprint density at radius 1 is 1.10 bits per heavy atom. The molecule has 1 unspecified atom stereocenters. The van der Waals surface area contributed by atoms with Gasteiger partial charge in [0.2, 0.25) is 10.9 Å². The van der Waals surface area contributed by atoms with Crippen LogP contribution in [0.2, 0.25) is 0 Å². The van der Waals surface area contributed by atoms with Crippen LogP contribution in [-0.2, 0) is 20.3 Å². The second kappa shape index (κ2) is 11.4. The predicted molar refractivity (Wildman–Crippen MR) is 138 cm³/mol. The number of phenols is 1. The topological polar surface area (TPSA) is 200 Å². The van der Waals surface area contributed by atoms with E-state index in [4.69, 9.17) is 15.0 Å². The Hall–Kier alpha value is -3.49. The first-order valence-electron chi connectivity index (χ1n) is 11.5. The van der Waals surface area contributed by atoms with Crippen molar-refractivity contribution in [3.8, 4) is 33.9 Å². The standard InChI is InChI=1S/C26H19F2N2O9P.Mg/c27-16-6-14-23(8-20(16)32)39-24-9-21(33)17(28)7-15(24)25(14)12-3-4-19(31)26-13(12)2-1-11(30-26)5-18(29)22(34)10-38-40(35,36)37;/h1-4,6-9,18,31-32H,5,10,29H2,(H2,35,36,37);/q;+2/p-1/t18-;/m0./s1. The molecule has 5 N–H and O–H groups in total. The Balaban J connectivity index is 0.00000387. The minimum atomic E-state index is -5.12. The summed E-state index contributed by atoms with van der Waals surface area (Å²) in [6.45, 7) is -0.976. The van der Waals surface area contributed by atoms with Crippen molar-refractivity contribution >= 4 is 58.5 Å². The van der Waals surface area contributed by atoms with Crippen LogP contribution in [0.4, 0.5) is 8.78 Å². The third kappa shape index (κ3) is 6.09. The number of H-pyrrole nitrogens is 1. The van der Waals surface area contributed by atoms with Gasteiger partial charge in [-0.25, -0.2) is 13.8 Å². The van der Waals surface area contributed by atoms with Crippen molar-refractivity contribution in [1.82, 2.24) is 0 Å². The number of phosphoric ester groups is 1. The SMILES string of the molecule is N[C@@H](Cc1ccc2c(-c3c4cc(F)c(=O)cc-4oc4cc(O)c(F)cc34)ccc([O-])c2[nH+]1)C(=O)COP(=O)([O-])O.[Mg+2]. The van der Waals surface area contributed by atoms with Gasteiger partial charge >= 0.3 is 23.1 Å². The van der Waals surface area contributed by atoms with Gasteiger partial charge < -0.3 is 34.7 Å². The summed E-state index contributed by atoms with van der Waals surface area (Å²) in [4.78, 5) is 46.4.